The Morgan fingerprint density at radius 1 is 1.14 bits per heavy atom. The van der Waals surface area contributed by atoms with Crippen LogP contribution in [0, 0.1) is 0 Å². The van der Waals surface area contributed by atoms with Crippen LogP contribution in [0.1, 0.15) is 22.0 Å². The normalized spacial score (nSPS) is 18.6. The highest BCUT2D eigenvalue weighted by molar-refractivity contribution is 9.10. The number of nitrogens with zero attached hydrogens (tertiary/aromatic N) is 2. The number of likely N-dealkylation sites (tertiary alicyclic amines) is 1. The molecule has 2 aromatic heterocycles. The Morgan fingerprint density at radius 3 is 2.57 bits per heavy atom. The first kappa shape index (κ1) is 18.6. The van der Waals surface area contributed by atoms with Crippen LogP contribution in [0.2, 0.25) is 0 Å². The lowest BCUT2D eigenvalue weighted by Crippen LogP contribution is -2.28. The maximum atomic E-state index is 12.9. The highest BCUT2D eigenvalue weighted by atomic mass is 79.9. The van der Waals surface area contributed by atoms with E-state index in [-0.39, 0.29) is 11.3 Å². The van der Waals surface area contributed by atoms with Crippen LogP contribution in [0.15, 0.2) is 76.4 Å². The maximum Gasteiger partial charge on any atom is 0.295 e. The fraction of sp³-hybridized carbons (Fsp3) is 0.0952. The van der Waals surface area contributed by atoms with Crippen molar-refractivity contribution in [1.29, 1.82) is 0 Å². The fourth-order valence-electron chi connectivity index (χ4n) is 3.26. The van der Waals surface area contributed by atoms with Crippen molar-refractivity contribution < 1.29 is 14.7 Å². The molecule has 0 aliphatic carbocycles. The molecule has 4 rings (SSSR count). The van der Waals surface area contributed by atoms with Crippen LogP contribution in [0.25, 0.3) is 5.76 Å². The second-order valence-corrected chi connectivity index (χ2v) is 8.25. The quantitative estimate of drug-likeness (QED) is 0.357. The number of pyridine rings is 1. The molecular formula is C21H15BrN2O3S. The molecule has 0 radical (unpaired) electrons. The number of ketones is 1. The SMILES string of the molecule is O=C1C(=O)N(Cc2cccs2)C(c2cccnc2)/C1=C(/O)c1ccc(Br)cc1. The number of aromatic nitrogens is 1. The highest BCUT2D eigenvalue weighted by Gasteiger charge is 2.46. The summed E-state index contributed by atoms with van der Waals surface area (Å²) in [6.07, 6.45) is 3.25. The van der Waals surface area contributed by atoms with Gasteiger partial charge in [-0.1, -0.05) is 40.2 Å². The zero-order valence-corrected chi connectivity index (χ0v) is 17.0. The molecule has 1 N–H and O–H groups in total. The number of thiophene rings is 1. The third-order valence-electron chi connectivity index (χ3n) is 4.56. The number of halogens is 1. The Kier molecular flexibility index (Phi) is 5.11. The van der Waals surface area contributed by atoms with Crippen molar-refractivity contribution in [2.45, 2.75) is 12.6 Å². The summed E-state index contributed by atoms with van der Waals surface area (Å²) in [4.78, 5) is 32.3. The summed E-state index contributed by atoms with van der Waals surface area (Å²) in [6.45, 7) is 0.291. The van der Waals surface area contributed by atoms with Crippen molar-refractivity contribution in [3.8, 4) is 0 Å². The van der Waals surface area contributed by atoms with Crippen LogP contribution in [-0.4, -0.2) is 26.7 Å². The average Bonchev–Trinajstić information content (AvgIpc) is 3.31. The van der Waals surface area contributed by atoms with Gasteiger partial charge >= 0.3 is 0 Å². The number of aliphatic hydroxyl groups is 1. The molecule has 1 fully saturated rings. The van der Waals surface area contributed by atoms with Crippen LogP contribution in [0.3, 0.4) is 0 Å². The summed E-state index contributed by atoms with van der Waals surface area (Å²) in [5.41, 5.74) is 1.24. The Bertz CT molecular complexity index is 1050. The Morgan fingerprint density at radius 2 is 1.93 bits per heavy atom. The number of Topliss-reactive ketones (excluding diaryl/α,β-unsaturated/α-hetero) is 1. The Hall–Kier alpha value is -2.77. The number of aliphatic hydroxyl groups excluding tert-OH is 1. The van der Waals surface area contributed by atoms with Crippen molar-refractivity contribution in [1.82, 2.24) is 9.88 Å². The number of carbonyl (C=O) groups is 2. The van der Waals surface area contributed by atoms with Crippen LogP contribution in [0.4, 0.5) is 0 Å². The number of rotatable bonds is 4. The van der Waals surface area contributed by atoms with Gasteiger partial charge in [0.25, 0.3) is 11.7 Å². The van der Waals surface area contributed by atoms with E-state index in [1.807, 2.05) is 17.5 Å². The van der Waals surface area contributed by atoms with E-state index < -0.39 is 17.7 Å². The van der Waals surface area contributed by atoms with Gasteiger partial charge in [-0.15, -0.1) is 11.3 Å². The van der Waals surface area contributed by atoms with Gasteiger partial charge in [0, 0.05) is 27.3 Å². The van der Waals surface area contributed by atoms with Gasteiger partial charge in [-0.05, 0) is 35.2 Å². The van der Waals surface area contributed by atoms with Gasteiger partial charge in [0.2, 0.25) is 0 Å². The average molecular weight is 455 g/mol. The monoisotopic (exact) mass is 454 g/mol. The third-order valence-corrected chi connectivity index (χ3v) is 5.95. The predicted octanol–water partition coefficient (Wildman–Crippen LogP) is 4.53. The van der Waals surface area contributed by atoms with E-state index in [1.165, 1.54) is 16.2 Å². The molecule has 3 heterocycles. The molecule has 0 saturated carbocycles. The number of amides is 1. The van der Waals surface area contributed by atoms with Crippen molar-refractivity contribution in [3.63, 3.8) is 0 Å². The van der Waals surface area contributed by atoms with E-state index in [0.717, 1.165) is 9.35 Å². The highest BCUT2D eigenvalue weighted by Crippen LogP contribution is 2.40. The van der Waals surface area contributed by atoms with Crippen molar-refractivity contribution in [3.05, 3.63) is 92.4 Å². The molecule has 5 nitrogen and oxygen atoms in total. The summed E-state index contributed by atoms with van der Waals surface area (Å²) < 4.78 is 0.853. The lowest BCUT2D eigenvalue weighted by molar-refractivity contribution is -0.140. The van der Waals surface area contributed by atoms with E-state index in [0.29, 0.717) is 17.7 Å². The summed E-state index contributed by atoms with van der Waals surface area (Å²) in [5.74, 6) is -1.50. The fourth-order valence-corrected chi connectivity index (χ4v) is 4.23. The standard InChI is InChI=1S/C21H15BrN2O3S/c22-15-7-5-13(6-8-15)19(25)17-18(14-3-1-9-23-11-14)24(21(27)20(17)26)12-16-4-2-10-28-16/h1-11,18,25H,12H2/b19-17-. The molecule has 140 valence electrons. The molecule has 1 amide bonds. The molecule has 1 atom stereocenters. The summed E-state index contributed by atoms with van der Waals surface area (Å²) in [5, 5.41) is 12.8. The minimum Gasteiger partial charge on any atom is -0.507 e. The van der Waals surface area contributed by atoms with E-state index in [2.05, 4.69) is 20.9 Å². The largest absolute Gasteiger partial charge is 0.507 e. The molecule has 0 spiro atoms. The van der Waals surface area contributed by atoms with Crippen LogP contribution in [0.5, 0.6) is 0 Å². The second-order valence-electron chi connectivity index (χ2n) is 6.30. The topological polar surface area (TPSA) is 70.5 Å². The van der Waals surface area contributed by atoms with Crippen LogP contribution >= 0.6 is 27.3 Å². The van der Waals surface area contributed by atoms with E-state index in [1.54, 1.807) is 48.8 Å². The zero-order chi connectivity index (χ0) is 19.7. The second kappa shape index (κ2) is 7.69. The maximum absolute atomic E-state index is 12.9. The number of hydrogen-bond acceptors (Lipinski definition) is 5. The molecule has 1 aliphatic heterocycles. The van der Waals surface area contributed by atoms with Gasteiger partial charge in [0.1, 0.15) is 5.76 Å². The first-order valence-corrected chi connectivity index (χ1v) is 10.2. The molecular weight excluding hydrogens is 440 g/mol. The van der Waals surface area contributed by atoms with Crippen molar-refractivity contribution in [2.24, 2.45) is 0 Å². The molecule has 7 heteroatoms. The molecule has 1 unspecified atom stereocenters. The first-order valence-electron chi connectivity index (χ1n) is 8.53. The van der Waals surface area contributed by atoms with Gasteiger partial charge in [-0.3, -0.25) is 14.6 Å². The molecule has 3 aromatic rings. The van der Waals surface area contributed by atoms with E-state index >= 15 is 0 Å². The van der Waals surface area contributed by atoms with Gasteiger partial charge in [-0.2, -0.15) is 0 Å². The van der Waals surface area contributed by atoms with E-state index in [4.69, 9.17) is 0 Å². The zero-order valence-electron chi connectivity index (χ0n) is 14.6. The summed E-state index contributed by atoms with van der Waals surface area (Å²) in [6, 6.07) is 13.6. The molecule has 1 aromatic carbocycles. The molecule has 1 saturated heterocycles. The lowest BCUT2D eigenvalue weighted by atomic mass is 9.96. The molecule has 0 bridgehead atoms. The van der Waals surface area contributed by atoms with Gasteiger partial charge < -0.3 is 10.0 Å². The summed E-state index contributed by atoms with van der Waals surface area (Å²) >= 11 is 4.87. The Labute approximate surface area is 174 Å². The van der Waals surface area contributed by atoms with Gasteiger partial charge in [-0.25, -0.2) is 0 Å². The van der Waals surface area contributed by atoms with Crippen LogP contribution in [-0.2, 0) is 16.1 Å². The summed E-state index contributed by atoms with van der Waals surface area (Å²) in [7, 11) is 0. The molecule has 1 aliphatic rings. The predicted molar refractivity (Wildman–Crippen MR) is 111 cm³/mol. The smallest absolute Gasteiger partial charge is 0.295 e. The molecule has 28 heavy (non-hydrogen) atoms. The van der Waals surface area contributed by atoms with Crippen LogP contribution < -0.4 is 0 Å². The number of carbonyl (C=O) groups excluding carboxylic acids is 2. The van der Waals surface area contributed by atoms with Crippen molar-refractivity contribution in [2.75, 3.05) is 0 Å². The minimum absolute atomic E-state index is 0.0804. The number of benzene rings is 1. The Balaban J connectivity index is 1.85. The van der Waals surface area contributed by atoms with E-state index in [9.17, 15) is 14.7 Å². The lowest BCUT2D eigenvalue weighted by Gasteiger charge is -2.24. The number of hydrogen-bond donors (Lipinski definition) is 1. The van der Waals surface area contributed by atoms with Crippen molar-refractivity contribution >= 4 is 44.7 Å². The van der Waals surface area contributed by atoms with Gasteiger partial charge in [0.05, 0.1) is 18.2 Å². The van der Waals surface area contributed by atoms with Gasteiger partial charge in [0.15, 0.2) is 0 Å². The minimum atomic E-state index is -0.695. The first-order chi connectivity index (χ1) is 13.6. The third kappa shape index (κ3) is 3.39.